The number of aryl methyl sites for hydroxylation is 1. The third-order valence-corrected chi connectivity index (χ3v) is 5.34. The third kappa shape index (κ3) is 3.64. The third-order valence-electron chi connectivity index (χ3n) is 5.11. The highest BCUT2D eigenvalue weighted by Crippen LogP contribution is 2.29. The molecule has 0 spiro atoms. The van der Waals surface area contributed by atoms with Crippen LogP contribution in [-0.2, 0) is 17.4 Å². The molecule has 0 radical (unpaired) electrons. The van der Waals surface area contributed by atoms with E-state index in [2.05, 4.69) is 21.0 Å². The van der Waals surface area contributed by atoms with E-state index in [4.69, 9.17) is 11.6 Å². The Morgan fingerprint density at radius 2 is 1.97 bits per heavy atom. The molecule has 4 amide bonds. The second-order valence-corrected chi connectivity index (χ2v) is 7.44. The molecule has 0 aliphatic carbocycles. The first-order chi connectivity index (χ1) is 14.8. The van der Waals surface area contributed by atoms with E-state index in [1.807, 2.05) is 0 Å². The molecule has 2 aromatic carbocycles. The number of nitrogens with one attached hydrogen (secondary N) is 3. The van der Waals surface area contributed by atoms with Crippen molar-refractivity contribution in [2.75, 3.05) is 6.54 Å². The summed E-state index contributed by atoms with van der Waals surface area (Å²) in [5.41, 5.74) is -0.354. The zero-order chi connectivity index (χ0) is 22.2. The second-order valence-electron chi connectivity index (χ2n) is 7.01. The van der Waals surface area contributed by atoms with Gasteiger partial charge in [0.15, 0.2) is 5.54 Å². The molecule has 1 aliphatic heterocycles. The summed E-state index contributed by atoms with van der Waals surface area (Å²) in [6.07, 6.45) is 1.48. The number of aromatic nitrogens is 2. The summed E-state index contributed by atoms with van der Waals surface area (Å²) >= 11 is 5.83. The van der Waals surface area contributed by atoms with Crippen LogP contribution in [0.25, 0.3) is 11.1 Å². The lowest BCUT2D eigenvalue weighted by Crippen LogP contribution is -2.53. The van der Waals surface area contributed by atoms with Gasteiger partial charge in [0.2, 0.25) is 0 Å². The van der Waals surface area contributed by atoms with Gasteiger partial charge in [-0.15, -0.1) is 0 Å². The smallest absolute Gasteiger partial charge is 0.322 e. The number of rotatable bonds is 5. The van der Waals surface area contributed by atoms with Gasteiger partial charge in [0.05, 0.1) is 12.2 Å². The van der Waals surface area contributed by atoms with Crippen LogP contribution in [-0.4, -0.2) is 34.2 Å². The average Bonchev–Trinajstić information content (AvgIpc) is 3.29. The summed E-state index contributed by atoms with van der Waals surface area (Å²) in [7, 11) is 1.62. The van der Waals surface area contributed by atoms with Crippen molar-refractivity contribution in [3.05, 3.63) is 76.8 Å². The molecule has 8 nitrogen and oxygen atoms in total. The van der Waals surface area contributed by atoms with Crippen LogP contribution in [0.4, 0.5) is 9.18 Å². The number of nitrogens with zero attached hydrogens (tertiary/aromatic N) is 2. The number of imide groups is 1. The van der Waals surface area contributed by atoms with E-state index in [1.165, 1.54) is 29.1 Å². The van der Waals surface area contributed by atoms with Crippen LogP contribution in [0.5, 0.6) is 0 Å². The first-order valence-corrected chi connectivity index (χ1v) is 9.64. The van der Waals surface area contributed by atoms with Crippen LogP contribution < -0.4 is 16.0 Å². The Balaban J connectivity index is 1.65. The minimum Gasteiger partial charge on any atom is -0.349 e. The maximum atomic E-state index is 14.5. The first kappa shape index (κ1) is 20.5. The second kappa shape index (κ2) is 7.84. The molecule has 31 heavy (non-hydrogen) atoms. The Kier molecular flexibility index (Phi) is 5.20. The van der Waals surface area contributed by atoms with Crippen LogP contribution in [0.2, 0.25) is 5.02 Å². The van der Waals surface area contributed by atoms with E-state index in [0.717, 1.165) is 0 Å². The van der Waals surface area contributed by atoms with Crippen molar-refractivity contribution in [3.63, 3.8) is 0 Å². The van der Waals surface area contributed by atoms with E-state index in [-0.39, 0.29) is 22.7 Å². The lowest BCUT2D eigenvalue weighted by molar-refractivity contribution is -0.124. The van der Waals surface area contributed by atoms with Gasteiger partial charge in [0, 0.05) is 29.4 Å². The predicted molar refractivity (Wildman–Crippen MR) is 111 cm³/mol. The molecule has 0 saturated carbocycles. The molecule has 1 saturated heterocycles. The Labute approximate surface area is 181 Å². The predicted octanol–water partition coefficient (Wildman–Crippen LogP) is 2.34. The topological polar surface area (TPSA) is 105 Å². The number of carbonyl (C=O) groups excluding carboxylic acids is 3. The Bertz CT molecular complexity index is 1210. The molecule has 3 aromatic rings. The maximum absolute atomic E-state index is 14.5. The van der Waals surface area contributed by atoms with Crippen molar-refractivity contribution in [1.82, 2.24) is 25.7 Å². The largest absolute Gasteiger partial charge is 0.349 e. The lowest BCUT2D eigenvalue weighted by Gasteiger charge is -2.26. The average molecular weight is 442 g/mol. The number of hydrogen-bond donors (Lipinski definition) is 3. The molecule has 1 aromatic heterocycles. The van der Waals surface area contributed by atoms with Gasteiger partial charge in [-0.3, -0.25) is 19.6 Å². The number of urea groups is 1. The van der Waals surface area contributed by atoms with Crippen LogP contribution in [0, 0.1) is 5.82 Å². The van der Waals surface area contributed by atoms with Gasteiger partial charge < -0.3 is 10.6 Å². The molecule has 1 aliphatic rings. The highest BCUT2D eigenvalue weighted by Gasteiger charge is 2.49. The number of halogens is 2. The van der Waals surface area contributed by atoms with Crippen molar-refractivity contribution in [2.45, 2.75) is 5.54 Å². The number of hydrogen-bond acceptors (Lipinski definition) is 4. The van der Waals surface area contributed by atoms with Gasteiger partial charge in [0.1, 0.15) is 5.82 Å². The molecule has 1 unspecified atom stereocenters. The van der Waals surface area contributed by atoms with Crippen LogP contribution in [0.15, 0.2) is 54.7 Å². The van der Waals surface area contributed by atoms with E-state index >= 15 is 0 Å². The van der Waals surface area contributed by atoms with Gasteiger partial charge in [0.25, 0.3) is 11.8 Å². The standard InChI is InChI=1S/C21H17ClFN5O3/c1-28-17(8-9-25-28)21(19(30)26-20(31)27-21)11-24-18(29)15-5-3-2-4-13(15)14-7-6-12(22)10-16(14)23/h2-10H,11H2,1H3,(H,24,29)(H2,26,27,30,31). The minimum absolute atomic E-state index is 0.202. The summed E-state index contributed by atoms with van der Waals surface area (Å²) in [5, 5.41) is 11.7. The highest BCUT2D eigenvalue weighted by atomic mass is 35.5. The summed E-state index contributed by atoms with van der Waals surface area (Å²) in [5.74, 6) is -1.72. The molecule has 158 valence electrons. The van der Waals surface area contributed by atoms with Gasteiger partial charge in [-0.1, -0.05) is 29.8 Å². The molecule has 1 fully saturated rings. The van der Waals surface area contributed by atoms with Gasteiger partial charge >= 0.3 is 6.03 Å². The highest BCUT2D eigenvalue weighted by molar-refractivity contribution is 6.30. The quantitative estimate of drug-likeness (QED) is 0.528. The molecular formula is C21H17ClFN5O3. The molecule has 2 heterocycles. The Morgan fingerprint density at radius 1 is 1.19 bits per heavy atom. The molecular weight excluding hydrogens is 425 g/mol. The Hall–Kier alpha value is -3.72. The lowest BCUT2D eigenvalue weighted by atomic mass is 9.94. The van der Waals surface area contributed by atoms with Crippen LogP contribution in [0.1, 0.15) is 16.1 Å². The zero-order valence-corrected chi connectivity index (χ0v) is 17.0. The van der Waals surface area contributed by atoms with Crippen molar-refractivity contribution in [2.24, 2.45) is 7.05 Å². The molecule has 10 heteroatoms. The molecule has 1 atom stereocenters. The summed E-state index contributed by atoms with van der Waals surface area (Å²) in [4.78, 5) is 37.5. The summed E-state index contributed by atoms with van der Waals surface area (Å²) in [6.45, 7) is -0.236. The summed E-state index contributed by atoms with van der Waals surface area (Å²) < 4.78 is 15.9. The normalized spacial score (nSPS) is 17.9. The molecule has 3 N–H and O–H groups in total. The fourth-order valence-corrected chi connectivity index (χ4v) is 3.77. The number of amides is 4. The summed E-state index contributed by atoms with van der Waals surface area (Å²) in [6, 6.07) is 11.6. The number of benzene rings is 2. The first-order valence-electron chi connectivity index (χ1n) is 9.26. The van der Waals surface area contributed by atoms with Crippen LogP contribution in [0.3, 0.4) is 0 Å². The van der Waals surface area contributed by atoms with Gasteiger partial charge in [-0.2, -0.15) is 5.10 Å². The fourth-order valence-electron chi connectivity index (χ4n) is 3.61. The van der Waals surface area contributed by atoms with E-state index in [0.29, 0.717) is 11.3 Å². The van der Waals surface area contributed by atoms with Crippen molar-refractivity contribution in [3.8, 4) is 11.1 Å². The van der Waals surface area contributed by atoms with Crippen molar-refractivity contribution < 1.29 is 18.8 Å². The molecule has 0 bridgehead atoms. The van der Waals surface area contributed by atoms with E-state index in [1.54, 1.807) is 37.4 Å². The van der Waals surface area contributed by atoms with Crippen molar-refractivity contribution >= 4 is 29.4 Å². The maximum Gasteiger partial charge on any atom is 0.322 e. The number of carbonyl (C=O) groups is 3. The van der Waals surface area contributed by atoms with Gasteiger partial charge in [-0.25, -0.2) is 9.18 Å². The zero-order valence-electron chi connectivity index (χ0n) is 16.3. The van der Waals surface area contributed by atoms with Gasteiger partial charge in [-0.05, 0) is 35.9 Å². The molecule has 4 rings (SSSR count). The van der Waals surface area contributed by atoms with Crippen LogP contribution >= 0.6 is 11.6 Å². The monoisotopic (exact) mass is 441 g/mol. The van der Waals surface area contributed by atoms with Crippen molar-refractivity contribution in [1.29, 1.82) is 0 Å². The fraction of sp³-hybridized carbons (Fsp3) is 0.143. The SMILES string of the molecule is Cn1nccc1C1(CNC(=O)c2ccccc2-c2ccc(Cl)cc2F)NC(=O)NC1=O. The Morgan fingerprint density at radius 3 is 2.61 bits per heavy atom. The van der Waals surface area contributed by atoms with E-state index in [9.17, 15) is 18.8 Å². The van der Waals surface area contributed by atoms with E-state index < -0.39 is 29.2 Å². The minimum atomic E-state index is -1.53.